The third kappa shape index (κ3) is 3.78. The lowest BCUT2D eigenvalue weighted by molar-refractivity contribution is -0.384. The molecule has 7 nitrogen and oxygen atoms in total. The van der Waals surface area contributed by atoms with Crippen LogP contribution in [0.1, 0.15) is 22.8 Å². The highest BCUT2D eigenvalue weighted by molar-refractivity contribution is 5.91. The van der Waals surface area contributed by atoms with E-state index in [1.165, 1.54) is 24.4 Å². The summed E-state index contributed by atoms with van der Waals surface area (Å²) in [6.07, 6.45) is 1.52. The van der Waals surface area contributed by atoms with E-state index in [1.807, 2.05) is 0 Å². The van der Waals surface area contributed by atoms with Gasteiger partial charge in [0.15, 0.2) is 0 Å². The minimum atomic E-state index is -0.594. The van der Waals surface area contributed by atoms with E-state index in [0.717, 1.165) is 0 Å². The van der Waals surface area contributed by atoms with Crippen molar-refractivity contribution < 1.29 is 19.2 Å². The van der Waals surface area contributed by atoms with E-state index in [2.05, 4.69) is 4.98 Å². The number of non-ortho nitro benzene ring substituents is 1. The normalized spacial score (nSPS) is 10.0. The monoisotopic (exact) mass is 302 g/mol. The van der Waals surface area contributed by atoms with Crippen LogP contribution in [0.2, 0.25) is 0 Å². The summed E-state index contributed by atoms with van der Waals surface area (Å²) in [4.78, 5) is 26.2. The number of nitro benzene ring substituents is 1. The van der Waals surface area contributed by atoms with Crippen LogP contribution in [0.25, 0.3) is 0 Å². The number of hydrogen-bond acceptors (Lipinski definition) is 6. The zero-order valence-corrected chi connectivity index (χ0v) is 11.9. The number of benzene rings is 1. The van der Waals surface area contributed by atoms with Crippen molar-refractivity contribution in [2.24, 2.45) is 0 Å². The fourth-order valence-electron chi connectivity index (χ4n) is 1.78. The lowest BCUT2D eigenvalue weighted by Crippen LogP contribution is -2.09. The van der Waals surface area contributed by atoms with Crippen LogP contribution in [-0.2, 0) is 11.3 Å². The average molecular weight is 302 g/mol. The van der Waals surface area contributed by atoms with Crippen molar-refractivity contribution in [3.8, 4) is 5.88 Å². The molecule has 0 radical (unpaired) electrons. The van der Waals surface area contributed by atoms with Gasteiger partial charge in [0.25, 0.3) is 5.69 Å². The summed E-state index contributed by atoms with van der Waals surface area (Å²) in [6, 6.07) is 9.07. The maximum atomic E-state index is 12.1. The number of rotatable bonds is 6. The lowest BCUT2D eigenvalue weighted by Gasteiger charge is -2.08. The topological polar surface area (TPSA) is 91.6 Å². The molecule has 0 spiro atoms. The van der Waals surface area contributed by atoms with Crippen molar-refractivity contribution in [2.75, 3.05) is 6.61 Å². The second-order valence-electron chi connectivity index (χ2n) is 4.29. The maximum absolute atomic E-state index is 12.1. The van der Waals surface area contributed by atoms with E-state index in [0.29, 0.717) is 12.2 Å². The molecule has 2 rings (SSSR count). The summed E-state index contributed by atoms with van der Waals surface area (Å²) < 4.78 is 10.4. The molecule has 0 atom stereocenters. The number of hydrogen-bond donors (Lipinski definition) is 0. The van der Waals surface area contributed by atoms with Gasteiger partial charge in [0.1, 0.15) is 12.2 Å². The molecule has 0 aliphatic rings. The number of nitro groups is 1. The van der Waals surface area contributed by atoms with Gasteiger partial charge < -0.3 is 9.47 Å². The molecule has 0 amide bonds. The van der Waals surface area contributed by atoms with Crippen molar-refractivity contribution in [3.05, 3.63) is 63.8 Å². The lowest BCUT2D eigenvalue weighted by atomic mass is 10.2. The van der Waals surface area contributed by atoms with Gasteiger partial charge in [-0.1, -0.05) is 12.1 Å². The number of esters is 1. The first kappa shape index (κ1) is 15.4. The Morgan fingerprint density at radius 2 is 2.14 bits per heavy atom. The van der Waals surface area contributed by atoms with Crippen LogP contribution >= 0.6 is 0 Å². The fourth-order valence-corrected chi connectivity index (χ4v) is 1.78. The van der Waals surface area contributed by atoms with Crippen molar-refractivity contribution in [1.82, 2.24) is 4.98 Å². The van der Waals surface area contributed by atoms with Gasteiger partial charge in [-0.25, -0.2) is 9.78 Å². The Bertz CT molecular complexity index is 687. The van der Waals surface area contributed by atoms with Crippen LogP contribution in [0.5, 0.6) is 5.88 Å². The van der Waals surface area contributed by atoms with Gasteiger partial charge in [-0.05, 0) is 24.6 Å². The highest BCUT2D eigenvalue weighted by Crippen LogP contribution is 2.18. The summed E-state index contributed by atoms with van der Waals surface area (Å²) >= 11 is 0. The van der Waals surface area contributed by atoms with Gasteiger partial charge >= 0.3 is 5.97 Å². The quantitative estimate of drug-likeness (QED) is 0.463. The molecule has 0 aliphatic carbocycles. The molecular formula is C15H14N2O5. The molecule has 0 saturated carbocycles. The van der Waals surface area contributed by atoms with Crippen molar-refractivity contribution >= 4 is 11.7 Å². The smallest absolute Gasteiger partial charge is 0.343 e. The van der Waals surface area contributed by atoms with Crippen LogP contribution in [-0.4, -0.2) is 22.5 Å². The Labute approximate surface area is 126 Å². The number of pyridine rings is 1. The molecule has 0 aliphatic heterocycles. The summed E-state index contributed by atoms with van der Waals surface area (Å²) in [5.74, 6) is -0.392. The highest BCUT2D eigenvalue weighted by atomic mass is 16.6. The molecule has 22 heavy (non-hydrogen) atoms. The first-order chi connectivity index (χ1) is 10.6. The Balaban J connectivity index is 2.07. The van der Waals surface area contributed by atoms with E-state index >= 15 is 0 Å². The van der Waals surface area contributed by atoms with Crippen molar-refractivity contribution in [1.29, 1.82) is 0 Å². The fraction of sp³-hybridized carbons (Fsp3) is 0.200. The number of aromatic nitrogens is 1. The average Bonchev–Trinajstić information content (AvgIpc) is 2.53. The zero-order chi connectivity index (χ0) is 15.9. The van der Waals surface area contributed by atoms with Crippen molar-refractivity contribution in [3.63, 3.8) is 0 Å². The zero-order valence-electron chi connectivity index (χ0n) is 11.9. The summed E-state index contributed by atoms with van der Waals surface area (Å²) in [5.41, 5.74) is 0.698. The molecule has 114 valence electrons. The maximum Gasteiger partial charge on any atom is 0.343 e. The minimum Gasteiger partial charge on any atom is -0.477 e. The number of carbonyl (C=O) groups excluding carboxylic acids is 1. The molecule has 1 aromatic carbocycles. The largest absolute Gasteiger partial charge is 0.477 e. The predicted molar refractivity (Wildman–Crippen MR) is 77.6 cm³/mol. The Morgan fingerprint density at radius 3 is 2.86 bits per heavy atom. The van der Waals surface area contributed by atoms with Crippen LogP contribution in [0.15, 0.2) is 42.6 Å². The Morgan fingerprint density at radius 1 is 1.32 bits per heavy atom. The SMILES string of the molecule is CCOc1ncccc1C(=O)OCc1cccc([N+](=O)[O-])c1. The van der Waals surface area contributed by atoms with Gasteiger partial charge in [0, 0.05) is 18.3 Å². The summed E-state index contributed by atoms with van der Waals surface area (Å²) in [5, 5.41) is 10.7. The third-order valence-corrected chi connectivity index (χ3v) is 2.76. The molecule has 0 unspecified atom stereocenters. The van der Waals surface area contributed by atoms with Crippen LogP contribution < -0.4 is 4.74 Å². The Kier molecular flexibility index (Phi) is 5.02. The second kappa shape index (κ2) is 7.16. The van der Waals surface area contributed by atoms with E-state index in [-0.39, 0.29) is 23.7 Å². The standard InChI is InChI=1S/C15H14N2O5/c1-2-21-14-13(7-4-8-16-14)15(18)22-10-11-5-3-6-12(9-11)17(19)20/h3-9H,2,10H2,1H3. The van der Waals surface area contributed by atoms with E-state index < -0.39 is 10.9 Å². The molecule has 1 heterocycles. The van der Waals surface area contributed by atoms with Gasteiger partial charge in [-0.2, -0.15) is 0 Å². The van der Waals surface area contributed by atoms with Gasteiger partial charge in [-0.15, -0.1) is 0 Å². The van der Waals surface area contributed by atoms with Gasteiger partial charge in [0.2, 0.25) is 5.88 Å². The molecule has 0 N–H and O–H groups in total. The van der Waals surface area contributed by atoms with Crippen LogP contribution in [0.3, 0.4) is 0 Å². The first-order valence-corrected chi connectivity index (χ1v) is 6.60. The third-order valence-electron chi connectivity index (χ3n) is 2.76. The second-order valence-corrected chi connectivity index (χ2v) is 4.29. The molecular weight excluding hydrogens is 288 g/mol. The molecule has 2 aromatic rings. The number of carbonyl (C=O) groups is 1. The minimum absolute atomic E-state index is 0.0510. The van der Waals surface area contributed by atoms with Crippen LogP contribution in [0, 0.1) is 10.1 Å². The predicted octanol–water partition coefficient (Wildman–Crippen LogP) is 2.75. The first-order valence-electron chi connectivity index (χ1n) is 6.60. The van der Waals surface area contributed by atoms with Crippen molar-refractivity contribution in [2.45, 2.75) is 13.5 Å². The van der Waals surface area contributed by atoms with Gasteiger partial charge in [-0.3, -0.25) is 10.1 Å². The van der Waals surface area contributed by atoms with E-state index in [1.54, 1.807) is 25.1 Å². The number of ether oxygens (including phenoxy) is 2. The molecule has 0 saturated heterocycles. The van der Waals surface area contributed by atoms with Gasteiger partial charge in [0.05, 0.1) is 11.5 Å². The molecule has 7 heteroatoms. The summed E-state index contributed by atoms with van der Waals surface area (Å²) in [6.45, 7) is 2.09. The summed E-state index contributed by atoms with van der Waals surface area (Å²) in [7, 11) is 0. The number of nitrogens with zero attached hydrogens (tertiary/aromatic N) is 2. The Hall–Kier alpha value is -2.96. The molecule has 0 bridgehead atoms. The highest BCUT2D eigenvalue weighted by Gasteiger charge is 2.15. The molecule has 0 fully saturated rings. The van der Waals surface area contributed by atoms with Crippen LogP contribution in [0.4, 0.5) is 5.69 Å². The van der Waals surface area contributed by atoms with E-state index in [9.17, 15) is 14.9 Å². The van der Waals surface area contributed by atoms with E-state index in [4.69, 9.17) is 9.47 Å². The molecule has 1 aromatic heterocycles.